The average Bonchev–Trinajstić information content (AvgIpc) is 2.66. The second kappa shape index (κ2) is 9.70. The van der Waals surface area contributed by atoms with Gasteiger partial charge < -0.3 is 20.5 Å². The van der Waals surface area contributed by atoms with Gasteiger partial charge in [0, 0.05) is 19.0 Å². The van der Waals surface area contributed by atoms with Crippen molar-refractivity contribution in [2.75, 3.05) is 27.3 Å². The van der Waals surface area contributed by atoms with Crippen LogP contribution in [0.5, 0.6) is 11.5 Å². The zero-order valence-corrected chi connectivity index (χ0v) is 16.1. The Labute approximate surface area is 156 Å². The number of rotatable bonds is 8. The molecule has 5 nitrogen and oxygen atoms in total. The van der Waals surface area contributed by atoms with E-state index in [1.807, 2.05) is 18.2 Å². The van der Waals surface area contributed by atoms with Gasteiger partial charge in [0.15, 0.2) is 17.5 Å². The second-order valence-electron chi connectivity index (χ2n) is 6.40. The van der Waals surface area contributed by atoms with Crippen LogP contribution in [0.15, 0.2) is 47.5 Å². The molecule has 3 N–H and O–H groups in total. The summed E-state index contributed by atoms with van der Waals surface area (Å²) in [6.45, 7) is 5.62. The molecular formula is C21H29N3O2. The lowest BCUT2D eigenvalue weighted by Crippen LogP contribution is -2.33. The number of nitrogens with one attached hydrogen (secondary N) is 1. The van der Waals surface area contributed by atoms with Gasteiger partial charge in [-0.3, -0.25) is 4.99 Å². The topological polar surface area (TPSA) is 68.9 Å². The number of ether oxygens (including phenoxy) is 2. The standard InChI is InChI=1S/C21H29N3O2/c1-15-5-8-18(9-6-15)16(2)14-24-21(22)23-12-11-17-7-10-19(25-3)20(13-17)26-4/h5-10,13,16H,11-12,14H2,1-4H3,(H3,22,23,24). The van der Waals surface area contributed by atoms with E-state index in [1.165, 1.54) is 11.1 Å². The molecular weight excluding hydrogens is 326 g/mol. The van der Waals surface area contributed by atoms with Gasteiger partial charge in [-0.15, -0.1) is 0 Å². The van der Waals surface area contributed by atoms with Crippen LogP contribution < -0.4 is 20.5 Å². The number of hydrogen-bond donors (Lipinski definition) is 2. The number of benzene rings is 2. The Hall–Kier alpha value is -2.69. The van der Waals surface area contributed by atoms with Crippen molar-refractivity contribution in [3.05, 3.63) is 59.2 Å². The molecule has 5 heteroatoms. The monoisotopic (exact) mass is 355 g/mol. The lowest BCUT2D eigenvalue weighted by Gasteiger charge is -2.12. The van der Waals surface area contributed by atoms with E-state index in [2.05, 4.69) is 48.4 Å². The molecule has 1 atom stereocenters. The van der Waals surface area contributed by atoms with E-state index in [1.54, 1.807) is 14.2 Å². The maximum absolute atomic E-state index is 5.98. The molecule has 0 radical (unpaired) electrons. The van der Waals surface area contributed by atoms with Crippen molar-refractivity contribution in [2.24, 2.45) is 10.7 Å². The number of aryl methyl sites for hydroxylation is 1. The maximum Gasteiger partial charge on any atom is 0.188 e. The minimum Gasteiger partial charge on any atom is -0.493 e. The molecule has 0 spiro atoms. The van der Waals surface area contributed by atoms with E-state index in [-0.39, 0.29) is 0 Å². The van der Waals surface area contributed by atoms with Crippen molar-refractivity contribution >= 4 is 5.96 Å². The van der Waals surface area contributed by atoms with Crippen LogP contribution in [0.3, 0.4) is 0 Å². The van der Waals surface area contributed by atoms with E-state index in [4.69, 9.17) is 15.2 Å². The highest BCUT2D eigenvalue weighted by Crippen LogP contribution is 2.27. The zero-order chi connectivity index (χ0) is 18.9. The summed E-state index contributed by atoms with van der Waals surface area (Å²) < 4.78 is 10.6. The van der Waals surface area contributed by atoms with Crippen LogP contribution >= 0.6 is 0 Å². The summed E-state index contributed by atoms with van der Waals surface area (Å²) in [6.07, 6.45) is 0.824. The first kappa shape index (κ1) is 19.6. The van der Waals surface area contributed by atoms with Gasteiger partial charge in [0.25, 0.3) is 0 Å². The fourth-order valence-electron chi connectivity index (χ4n) is 2.66. The molecule has 0 amide bonds. The van der Waals surface area contributed by atoms with Crippen molar-refractivity contribution in [3.8, 4) is 11.5 Å². The fraction of sp³-hybridized carbons (Fsp3) is 0.381. The van der Waals surface area contributed by atoms with Gasteiger partial charge in [0.2, 0.25) is 0 Å². The molecule has 1 unspecified atom stereocenters. The molecule has 0 saturated carbocycles. The van der Waals surface area contributed by atoms with Gasteiger partial charge >= 0.3 is 0 Å². The van der Waals surface area contributed by atoms with Gasteiger partial charge in [-0.25, -0.2) is 0 Å². The van der Waals surface area contributed by atoms with Gasteiger partial charge in [0.1, 0.15) is 0 Å². The summed E-state index contributed by atoms with van der Waals surface area (Å²) in [7, 11) is 3.27. The smallest absolute Gasteiger partial charge is 0.188 e. The molecule has 140 valence electrons. The lowest BCUT2D eigenvalue weighted by molar-refractivity contribution is 0.354. The highest BCUT2D eigenvalue weighted by molar-refractivity contribution is 5.77. The molecule has 0 bridgehead atoms. The third kappa shape index (κ3) is 5.69. The molecule has 0 fully saturated rings. The fourth-order valence-corrected chi connectivity index (χ4v) is 2.66. The maximum atomic E-state index is 5.98. The van der Waals surface area contributed by atoms with Crippen LogP contribution in [-0.4, -0.2) is 33.3 Å². The van der Waals surface area contributed by atoms with Crippen molar-refractivity contribution in [2.45, 2.75) is 26.2 Å². The second-order valence-corrected chi connectivity index (χ2v) is 6.40. The number of nitrogens with zero attached hydrogens (tertiary/aromatic N) is 1. The molecule has 2 rings (SSSR count). The van der Waals surface area contributed by atoms with Crippen molar-refractivity contribution in [3.63, 3.8) is 0 Å². The average molecular weight is 355 g/mol. The summed E-state index contributed by atoms with van der Waals surface area (Å²) >= 11 is 0. The zero-order valence-electron chi connectivity index (χ0n) is 16.1. The largest absolute Gasteiger partial charge is 0.493 e. The van der Waals surface area contributed by atoms with E-state index in [0.717, 1.165) is 23.5 Å². The first-order chi connectivity index (χ1) is 12.5. The van der Waals surface area contributed by atoms with Crippen molar-refractivity contribution in [1.82, 2.24) is 5.32 Å². The first-order valence-electron chi connectivity index (χ1n) is 8.84. The summed E-state index contributed by atoms with van der Waals surface area (Å²) in [5.41, 5.74) is 9.67. The summed E-state index contributed by atoms with van der Waals surface area (Å²) in [6, 6.07) is 14.5. The normalized spacial score (nSPS) is 12.5. The molecule has 26 heavy (non-hydrogen) atoms. The molecule has 2 aromatic rings. The SMILES string of the molecule is COc1ccc(CCNC(N)=NCC(C)c2ccc(C)cc2)cc1OC. The predicted octanol–water partition coefficient (Wildman–Crippen LogP) is 3.26. The molecule has 2 aromatic carbocycles. The van der Waals surface area contributed by atoms with Gasteiger partial charge in [-0.2, -0.15) is 0 Å². The van der Waals surface area contributed by atoms with Crippen LogP contribution in [0.4, 0.5) is 0 Å². The van der Waals surface area contributed by atoms with Crippen LogP contribution in [-0.2, 0) is 6.42 Å². The van der Waals surface area contributed by atoms with Crippen molar-refractivity contribution < 1.29 is 9.47 Å². The Balaban J connectivity index is 1.81. The third-order valence-corrected chi connectivity index (χ3v) is 4.35. The molecule has 0 aromatic heterocycles. The van der Waals surface area contributed by atoms with Crippen molar-refractivity contribution in [1.29, 1.82) is 0 Å². The van der Waals surface area contributed by atoms with E-state index in [9.17, 15) is 0 Å². The van der Waals surface area contributed by atoms with Gasteiger partial charge in [-0.1, -0.05) is 42.8 Å². The van der Waals surface area contributed by atoms with Gasteiger partial charge in [-0.05, 0) is 36.6 Å². The molecule has 0 aliphatic carbocycles. The number of nitrogens with two attached hydrogens (primary N) is 1. The van der Waals surface area contributed by atoms with Gasteiger partial charge in [0.05, 0.1) is 14.2 Å². The Morgan fingerprint density at radius 3 is 2.42 bits per heavy atom. The Kier molecular flexibility index (Phi) is 7.33. The van der Waals surface area contributed by atoms with E-state index < -0.39 is 0 Å². The van der Waals surface area contributed by atoms with Crippen LogP contribution in [0.25, 0.3) is 0 Å². The quantitative estimate of drug-likeness (QED) is 0.563. The first-order valence-corrected chi connectivity index (χ1v) is 8.84. The highest BCUT2D eigenvalue weighted by atomic mass is 16.5. The Morgan fingerprint density at radius 2 is 1.77 bits per heavy atom. The molecule has 0 saturated heterocycles. The lowest BCUT2D eigenvalue weighted by atomic mass is 10.0. The van der Waals surface area contributed by atoms with E-state index in [0.29, 0.717) is 25.0 Å². The molecule has 0 aliphatic rings. The number of hydrogen-bond acceptors (Lipinski definition) is 3. The minimum absolute atomic E-state index is 0.335. The van der Waals surface area contributed by atoms with Crippen LogP contribution in [0.1, 0.15) is 29.5 Å². The molecule has 0 aliphatic heterocycles. The Bertz CT molecular complexity index is 727. The van der Waals surface area contributed by atoms with E-state index >= 15 is 0 Å². The number of guanidine groups is 1. The third-order valence-electron chi connectivity index (χ3n) is 4.35. The number of aliphatic imine (C=N–C) groups is 1. The summed E-state index contributed by atoms with van der Waals surface area (Å²) in [4.78, 5) is 4.45. The number of methoxy groups -OCH3 is 2. The summed E-state index contributed by atoms with van der Waals surface area (Å²) in [5, 5.41) is 3.17. The summed E-state index contributed by atoms with van der Waals surface area (Å²) in [5.74, 6) is 2.28. The van der Waals surface area contributed by atoms with Crippen LogP contribution in [0.2, 0.25) is 0 Å². The van der Waals surface area contributed by atoms with Crippen LogP contribution in [0, 0.1) is 6.92 Å². The minimum atomic E-state index is 0.335. The highest BCUT2D eigenvalue weighted by Gasteiger charge is 2.06. The Morgan fingerprint density at radius 1 is 1.08 bits per heavy atom. The molecule has 0 heterocycles. The predicted molar refractivity (Wildman–Crippen MR) is 107 cm³/mol.